The lowest BCUT2D eigenvalue weighted by atomic mass is 10.1. The number of halogens is 1. The summed E-state index contributed by atoms with van der Waals surface area (Å²) < 4.78 is 13.6. The molecule has 76 valence electrons. The number of hydrogen-bond acceptors (Lipinski definition) is 2. The van der Waals surface area contributed by atoms with Crippen molar-refractivity contribution in [2.24, 2.45) is 0 Å². The Kier molecular flexibility index (Phi) is 2.25. The van der Waals surface area contributed by atoms with E-state index in [0.717, 1.165) is 0 Å². The SMILES string of the molecule is Nc1cccc(-c2ccc[nH]c2=O)c1F. The van der Waals surface area contributed by atoms with Gasteiger partial charge in [0, 0.05) is 17.3 Å². The topological polar surface area (TPSA) is 58.9 Å². The number of nitrogens with one attached hydrogen (secondary N) is 1. The third-order valence-corrected chi connectivity index (χ3v) is 2.14. The average Bonchev–Trinajstić information content (AvgIpc) is 2.23. The Morgan fingerprint density at radius 3 is 2.60 bits per heavy atom. The van der Waals surface area contributed by atoms with E-state index in [4.69, 9.17) is 5.73 Å². The van der Waals surface area contributed by atoms with E-state index in [2.05, 4.69) is 4.98 Å². The molecule has 0 fully saturated rings. The lowest BCUT2D eigenvalue weighted by Crippen LogP contribution is -2.08. The zero-order valence-corrected chi connectivity index (χ0v) is 7.83. The first-order valence-electron chi connectivity index (χ1n) is 4.42. The van der Waals surface area contributed by atoms with Crippen LogP contribution >= 0.6 is 0 Å². The maximum Gasteiger partial charge on any atom is 0.255 e. The molecule has 3 nitrogen and oxygen atoms in total. The van der Waals surface area contributed by atoms with Crippen LogP contribution in [0, 0.1) is 5.82 Å². The number of aromatic amines is 1. The molecular weight excluding hydrogens is 195 g/mol. The first kappa shape index (κ1) is 9.45. The van der Waals surface area contributed by atoms with Crippen molar-refractivity contribution >= 4 is 5.69 Å². The van der Waals surface area contributed by atoms with Crippen molar-refractivity contribution in [2.45, 2.75) is 0 Å². The lowest BCUT2D eigenvalue weighted by molar-refractivity contribution is 0.635. The summed E-state index contributed by atoms with van der Waals surface area (Å²) in [5.74, 6) is -0.561. The molecule has 0 saturated heterocycles. The lowest BCUT2D eigenvalue weighted by Gasteiger charge is -2.03. The summed E-state index contributed by atoms with van der Waals surface area (Å²) in [5.41, 5.74) is 5.63. The predicted octanol–water partition coefficient (Wildman–Crippen LogP) is 1.76. The van der Waals surface area contributed by atoms with Crippen LogP contribution in [-0.4, -0.2) is 4.98 Å². The summed E-state index contributed by atoms with van der Waals surface area (Å²) in [6, 6.07) is 7.78. The molecule has 3 N–H and O–H groups in total. The highest BCUT2D eigenvalue weighted by Crippen LogP contribution is 2.22. The summed E-state index contributed by atoms with van der Waals surface area (Å²) in [4.78, 5) is 13.9. The van der Waals surface area contributed by atoms with Gasteiger partial charge in [-0.2, -0.15) is 0 Å². The highest BCUT2D eigenvalue weighted by atomic mass is 19.1. The highest BCUT2D eigenvalue weighted by Gasteiger charge is 2.09. The second kappa shape index (κ2) is 3.57. The fraction of sp³-hybridized carbons (Fsp3) is 0. The second-order valence-corrected chi connectivity index (χ2v) is 3.12. The Bertz CT molecular complexity index is 548. The molecule has 1 heterocycles. The minimum absolute atomic E-state index is 0.0377. The Balaban J connectivity index is 2.70. The Morgan fingerprint density at radius 2 is 1.87 bits per heavy atom. The average molecular weight is 204 g/mol. The molecule has 1 aromatic carbocycles. The standard InChI is InChI=1S/C11H9FN2O/c12-10-7(3-1-5-9(10)13)8-4-2-6-14-11(8)15/h1-6H,13H2,(H,14,15). The number of benzene rings is 1. The molecule has 0 aliphatic rings. The van der Waals surface area contributed by atoms with Crippen LogP contribution in [0.3, 0.4) is 0 Å². The first-order valence-corrected chi connectivity index (χ1v) is 4.42. The van der Waals surface area contributed by atoms with E-state index in [0.29, 0.717) is 0 Å². The van der Waals surface area contributed by atoms with Gasteiger partial charge in [0.1, 0.15) is 0 Å². The maximum atomic E-state index is 13.6. The summed E-state index contributed by atoms with van der Waals surface area (Å²) in [6.45, 7) is 0. The molecular formula is C11H9FN2O. The Morgan fingerprint density at radius 1 is 1.13 bits per heavy atom. The fourth-order valence-corrected chi connectivity index (χ4v) is 1.39. The second-order valence-electron chi connectivity index (χ2n) is 3.12. The van der Waals surface area contributed by atoms with Crippen molar-refractivity contribution in [2.75, 3.05) is 5.73 Å². The van der Waals surface area contributed by atoms with Crippen LogP contribution in [0.25, 0.3) is 11.1 Å². The first-order chi connectivity index (χ1) is 7.20. The highest BCUT2D eigenvalue weighted by molar-refractivity contribution is 5.67. The number of aromatic nitrogens is 1. The van der Waals surface area contributed by atoms with E-state index in [9.17, 15) is 9.18 Å². The molecule has 0 radical (unpaired) electrons. The number of nitrogens with two attached hydrogens (primary N) is 1. The number of H-pyrrole nitrogens is 1. The molecule has 0 aliphatic heterocycles. The van der Waals surface area contributed by atoms with Crippen molar-refractivity contribution in [3.63, 3.8) is 0 Å². The quantitative estimate of drug-likeness (QED) is 0.695. The smallest absolute Gasteiger partial charge is 0.255 e. The van der Waals surface area contributed by atoms with E-state index in [1.54, 1.807) is 18.2 Å². The minimum Gasteiger partial charge on any atom is -0.396 e. The molecule has 0 aliphatic carbocycles. The van der Waals surface area contributed by atoms with Gasteiger partial charge in [0.25, 0.3) is 5.56 Å². The van der Waals surface area contributed by atoms with E-state index in [-0.39, 0.29) is 22.4 Å². The van der Waals surface area contributed by atoms with E-state index >= 15 is 0 Å². The molecule has 0 spiro atoms. The van der Waals surface area contributed by atoms with Crippen LogP contribution in [0.1, 0.15) is 0 Å². The van der Waals surface area contributed by atoms with Gasteiger partial charge in [-0.1, -0.05) is 12.1 Å². The van der Waals surface area contributed by atoms with Crippen LogP contribution in [0.2, 0.25) is 0 Å². The van der Waals surface area contributed by atoms with Gasteiger partial charge in [-0.05, 0) is 18.2 Å². The van der Waals surface area contributed by atoms with Crippen LogP contribution in [-0.2, 0) is 0 Å². The van der Waals surface area contributed by atoms with Gasteiger partial charge >= 0.3 is 0 Å². The molecule has 0 bridgehead atoms. The predicted molar refractivity (Wildman–Crippen MR) is 56.9 cm³/mol. The minimum atomic E-state index is -0.561. The van der Waals surface area contributed by atoms with Crippen LogP contribution in [0.5, 0.6) is 0 Å². The van der Waals surface area contributed by atoms with Gasteiger partial charge in [-0.3, -0.25) is 4.79 Å². The van der Waals surface area contributed by atoms with Gasteiger partial charge in [0.15, 0.2) is 5.82 Å². The van der Waals surface area contributed by atoms with Gasteiger partial charge in [-0.15, -0.1) is 0 Å². The van der Waals surface area contributed by atoms with E-state index in [1.807, 2.05) is 0 Å². The van der Waals surface area contributed by atoms with Gasteiger partial charge in [0.05, 0.1) is 5.69 Å². The van der Waals surface area contributed by atoms with Crippen molar-refractivity contribution < 1.29 is 4.39 Å². The molecule has 0 saturated carbocycles. The summed E-state index contributed by atoms with van der Waals surface area (Å²) in [5, 5.41) is 0. The maximum absolute atomic E-state index is 13.6. The van der Waals surface area contributed by atoms with Crippen LogP contribution in [0.4, 0.5) is 10.1 Å². The zero-order chi connectivity index (χ0) is 10.8. The number of nitrogen functional groups attached to an aromatic ring is 1. The monoisotopic (exact) mass is 204 g/mol. The largest absolute Gasteiger partial charge is 0.396 e. The van der Waals surface area contributed by atoms with Crippen molar-refractivity contribution in [1.82, 2.24) is 4.98 Å². The number of pyridine rings is 1. The summed E-state index contributed by atoms with van der Waals surface area (Å²) in [6.07, 6.45) is 1.50. The van der Waals surface area contributed by atoms with Crippen LogP contribution in [0.15, 0.2) is 41.3 Å². The molecule has 0 unspecified atom stereocenters. The third-order valence-electron chi connectivity index (χ3n) is 2.14. The van der Waals surface area contributed by atoms with E-state index < -0.39 is 5.82 Å². The Labute approximate surface area is 85.4 Å². The molecule has 0 atom stereocenters. The van der Waals surface area contributed by atoms with Crippen molar-refractivity contribution in [3.05, 3.63) is 52.7 Å². The number of rotatable bonds is 1. The van der Waals surface area contributed by atoms with Crippen molar-refractivity contribution in [1.29, 1.82) is 0 Å². The molecule has 0 amide bonds. The molecule has 2 aromatic rings. The summed E-state index contributed by atoms with van der Waals surface area (Å²) >= 11 is 0. The molecule has 1 aromatic heterocycles. The molecule has 2 rings (SSSR count). The van der Waals surface area contributed by atoms with Gasteiger partial charge < -0.3 is 10.7 Å². The third kappa shape index (κ3) is 1.61. The van der Waals surface area contributed by atoms with Crippen molar-refractivity contribution in [3.8, 4) is 11.1 Å². The van der Waals surface area contributed by atoms with Crippen LogP contribution < -0.4 is 11.3 Å². The van der Waals surface area contributed by atoms with E-state index in [1.165, 1.54) is 18.3 Å². The summed E-state index contributed by atoms with van der Waals surface area (Å²) in [7, 11) is 0. The zero-order valence-electron chi connectivity index (χ0n) is 7.83. The Hall–Kier alpha value is -2.10. The van der Waals surface area contributed by atoms with Gasteiger partial charge in [0.2, 0.25) is 0 Å². The van der Waals surface area contributed by atoms with Gasteiger partial charge in [-0.25, -0.2) is 4.39 Å². The number of anilines is 1. The molecule has 4 heteroatoms. The molecule has 15 heavy (non-hydrogen) atoms. The normalized spacial score (nSPS) is 10.2. The number of hydrogen-bond donors (Lipinski definition) is 2. The fourth-order valence-electron chi connectivity index (χ4n) is 1.39.